The second-order valence-electron chi connectivity index (χ2n) is 4.84. The highest BCUT2D eigenvalue weighted by atomic mass is 79.9. The van der Waals surface area contributed by atoms with Gasteiger partial charge in [0.15, 0.2) is 0 Å². The fourth-order valence-electron chi connectivity index (χ4n) is 2.41. The first-order valence-corrected chi connectivity index (χ1v) is 7.30. The molecule has 0 atom stereocenters. The Bertz CT molecular complexity index is 725. The number of benzene rings is 2. The Morgan fingerprint density at radius 1 is 1.00 bits per heavy atom. The third-order valence-electron chi connectivity index (χ3n) is 3.51. The van der Waals surface area contributed by atoms with Gasteiger partial charge in [0, 0.05) is 11.0 Å². The van der Waals surface area contributed by atoms with Crippen LogP contribution in [0.2, 0.25) is 0 Å². The second kappa shape index (κ2) is 5.33. The predicted octanol–water partition coefficient (Wildman–Crippen LogP) is 2.99. The monoisotopic (exact) mass is 345 g/mol. The average Bonchev–Trinajstić information content (AvgIpc) is 2.72. The Morgan fingerprint density at radius 2 is 1.71 bits per heavy atom. The highest BCUT2D eigenvalue weighted by molar-refractivity contribution is 9.10. The van der Waals surface area contributed by atoms with E-state index in [0.29, 0.717) is 13.0 Å². The zero-order valence-electron chi connectivity index (χ0n) is 11.0. The molecule has 2 amide bonds. The lowest BCUT2D eigenvalue weighted by Crippen LogP contribution is -2.31. The molecular formula is C16H12BrNO3. The van der Waals surface area contributed by atoms with Crippen LogP contribution in [0.4, 0.5) is 0 Å². The number of halogens is 1. The molecule has 0 aromatic heterocycles. The molecule has 5 heteroatoms. The molecule has 0 fully saturated rings. The van der Waals surface area contributed by atoms with E-state index in [4.69, 9.17) is 0 Å². The van der Waals surface area contributed by atoms with Crippen molar-refractivity contribution in [1.82, 2.24) is 4.90 Å². The van der Waals surface area contributed by atoms with Crippen LogP contribution in [-0.4, -0.2) is 28.4 Å². The molecule has 1 aliphatic heterocycles. The number of imide groups is 1. The van der Waals surface area contributed by atoms with E-state index >= 15 is 0 Å². The third-order valence-corrected chi connectivity index (χ3v) is 4.04. The van der Waals surface area contributed by atoms with Crippen molar-refractivity contribution in [2.24, 2.45) is 0 Å². The molecular weight excluding hydrogens is 334 g/mol. The summed E-state index contributed by atoms with van der Waals surface area (Å²) in [5, 5.41) is 9.75. The highest BCUT2D eigenvalue weighted by Gasteiger charge is 2.37. The number of carbonyl (C=O) groups excluding carboxylic acids is 2. The van der Waals surface area contributed by atoms with Crippen LogP contribution in [0.25, 0.3) is 0 Å². The molecule has 2 aromatic rings. The van der Waals surface area contributed by atoms with Crippen molar-refractivity contribution < 1.29 is 14.7 Å². The van der Waals surface area contributed by atoms with Crippen molar-refractivity contribution >= 4 is 27.7 Å². The van der Waals surface area contributed by atoms with Crippen LogP contribution in [0.15, 0.2) is 46.9 Å². The first-order chi connectivity index (χ1) is 10.1. The minimum atomic E-state index is -0.426. The Kier molecular flexibility index (Phi) is 3.51. The standard InChI is InChI=1S/C16H12BrNO3/c17-11-6-4-10(5-7-11)8-9-18-15(20)12-2-1-3-13(19)14(12)16(18)21/h1-7,19H,8-9H2. The lowest BCUT2D eigenvalue weighted by molar-refractivity contribution is 0.0655. The number of phenolic OH excluding ortho intramolecular Hbond substituents is 1. The number of carbonyl (C=O) groups is 2. The number of hydrogen-bond donors (Lipinski definition) is 1. The fourth-order valence-corrected chi connectivity index (χ4v) is 2.68. The molecule has 0 unspecified atom stereocenters. The minimum absolute atomic E-state index is 0.110. The van der Waals surface area contributed by atoms with Gasteiger partial charge in [0.2, 0.25) is 0 Å². The summed E-state index contributed by atoms with van der Waals surface area (Å²) in [6.45, 7) is 0.299. The molecule has 2 aromatic carbocycles. The first-order valence-electron chi connectivity index (χ1n) is 6.50. The van der Waals surface area contributed by atoms with Gasteiger partial charge in [-0.05, 0) is 36.2 Å². The quantitative estimate of drug-likeness (QED) is 0.870. The van der Waals surface area contributed by atoms with Gasteiger partial charge in [0.25, 0.3) is 11.8 Å². The van der Waals surface area contributed by atoms with Gasteiger partial charge >= 0.3 is 0 Å². The topological polar surface area (TPSA) is 57.6 Å². The van der Waals surface area contributed by atoms with Crippen molar-refractivity contribution in [3.05, 3.63) is 63.6 Å². The van der Waals surface area contributed by atoms with Gasteiger partial charge in [-0.2, -0.15) is 0 Å². The number of nitrogens with zero attached hydrogens (tertiary/aromatic N) is 1. The van der Waals surface area contributed by atoms with Crippen LogP contribution in [0.3, 0.4) is 0 Å². The highest BCUT2D eigenvalue weighted by Crippen LogP contribution is 2.30. The SMILES string of the molecule is O=C1c2cccc(O)c2C(=O)N1CCc1ccc(Br)cc1. The van der Waals surface area contributed by atoms with Gasteiger partial charge in [-0.25, -0.2) is 0 Å². The molecule has 4 nitrogen and oxygen atoms in total. The van der Waals surface area contributed by atoms with E-state index < -0.39 is 5.91 Å². The molecule has 106 valence electrons. The van der Waals surface area contributed by atoms with Gasteiger partial charge < -0.3 is 5.11 Å². The molecule has 0 saturated heterocycles. The van der Waals surface area contributed by atoms with Crippen molar-refractivity contribution in [2.75, 3.05) is 6.54 Å². The van der Waals surface area contributed by atoms with Crippen molar-refractivity contribution in [3.8, 4) is 5.75 Å². The molecule has 0 aliphatic carbocycles. The zero-order chi connectivity index (χ0) is 15.0. The second-order valence-corrected chi connectivity index (χ2v) is 5.75. The average molecular weight is 346 g/mol. The predicted molar refractivity (Wildman–Crippen MR) is 81.3 cm³/mol. The molecule has 1 heterocycles. The molecule has 0 spiro atoms. The number of aromatic hydroxyl groups is 1. The normalized spacial score (nSPS) is 13.7. The van der Waals surface area contributed by atoms with Gasteiger partial charge in [-0.15, -0.1) is 0 Å². The van der Waals surface area contributed by atoms with Crippen LogP contribution < -0.4 is 0 Å². The fraction of sp³-hybridized carbons (Fsp3) is 0.125. The maximum Gasteiger partial charge on any atom is 0.265 e. The number of amides is 2. The van der Waals surface area contributed by atoms with Crippen LogP contribution in [0.5, 0.6) is 5.75 Å². The zero-order valence-corrected chi connectivity index (χ0v) is 12.6. The first kappa shape index (κ1) is 13.8. The summed E-state index contributed by atoms with van der Waals surface area (Å²) in [7, 11) is 0. The summed E-state index contributed by atoms with van der Waals surface area (Å²) in [4.78, 5) is 25.6. The smallest absolute Gasteiger partial charge is 0.265 e. The summed E-state index contributed by atoms with van der Waals surface area (Å²) in [6, 6.07) is 12.3. The summed E-state index contributed by atoms with van der Waals surface area (Å²) in [6.07, 6.45) is 0.583. The van der Waals surface area contributed by atoms with Crippen molar-refractivity contribution in [2.45, 2.75) is 6.42 Å². The minimum Gasteiger partial charge on any atom is -0.507 e. The van der Waals surface area contributed by atoms with Gasteiger partial charge in [0.1, 0.15) is 5.75 Å². The Morgan fingerprint density at radius 3 is 2.38 bits per heavy atom. The molecule has 3 rings (SSSR count). The lowest BCUT2D eigenvalue weighted by Gasteiger charge is -2.13. The summed E-state index contributed by atoms with van der Waals surface area (Å²) in [5.74, 6) is -0.912. The Hall–Kier alpha value is -2.14. The molecule has 21 heavy (non-hydrogen) atoms. The van der Waals surface area contributed by atoms with Crippen molar-refractivity contribution in [1.29, 1.82) is 0 Å². The Labute approximate surface area is 130 Å². The van der Waals surface area contributed by atoms with E-state index in [1.54, 1.807) is 12.1 Å². The van der Waals surface area contributed by atoms with E-state index in [2.05, 4.69) is 15.9 Å². The Balaban J connectivity index is 1.79. The molecule has 1 N–H and O–H groups in total. The maximum atomic E-state index is 12.2. The lowest BCUT2D eigenvalue weighted by atomic mass is 10.1. The van der Waals surface area contributed by atoms with Gasteiger partial charge in [-0.3, -0.25) is 14.5 Å². The van der Waals surface area contributed by atoms with Crippen LogP contribution in [0, 0.1) is 0 Å². The van der Waals surface area contributed by atoms with Crippen LogP contribution in [0.1, 0.15) is 26.3 Å². The number of fused-ring (bicyclic) bond motifs is 1. The van der Waals surface area contributed by atoms with E-state index in [-0.39, 0.29) is 22.8 Å². The summed E-state index contributed by atoms with van der Waals surface area (Å²) < 4.78 is 0.983. The third kappa shape index (κ3) is 2.45. The number of rotatable bonds is 3. The van der Waals surface area contributed by atoms with Crippen LogP contribution in [-0.2, 0) is 6.42 Å². The molecule has 0 radical (unpaired) electrons. The van der Waals surface area contributed by atoms with E-state index in [1.165, 1.54) is 11.0 Å². The molecule has 0 saturated carbocycles. The molecule has 0 bridgehead atoms. The summed E-state index contributed by atoms with van der Waals surface area (Å²) >= 11 is 3.36. The van der Waals surface area contributed by atoms with Crippen LogP contribution >= 0.6 is 15.9 Å². The van der Waals surface area contributed by atoms with E-state index in [9.17, 15) is 14.7 Å². The van der Waals surface area contributed by atoms with E-state index in [0.717, 1.165) is 10.0 Å². The largest absolute Gasteiger partial charge is 0.507 e. The molecule has 1 aliphatic rings. The van der Waals surface area contributed by atoms with Gasteiger partial charge in [-0.1, -0.05) is 34.1 Å². The summed E-state index contributed by atoms with van der Waals surface area (Å²) in [5.41, 5.74) is 1.42. The number of hydrogen-bond acceptors (Lipinski definition) is 3. The number of phenols is 1. The van der Waals surface area contributed by atoms with Gasteiger partial charge in [0.05, 0.1) is 11.1 Å². The van der Waals surface area contributed by atoms with Crippen molar-refractivity contribution in [3.63, 3.8) is 0 Å². The maximum absolute atomic E-state index is 12.2. The van der Waals surface area contributed by atoms with E-state index in [1.807, 2.05) is 24.3 Å².